The van der Waals surface area contributed by atoms with Gasteiger partial charge < -0.3 is 10.8 Å². The van der Waals surface area contributed by atoms with E-state index >= 15 is 0 Å². The monoisotopic (exact) mass is 202 g/mol. The number of phenols is 1. The maximum atomic E-state index is 9.34. The smallest absolute Gasteiger partial charge is 0.120 e. The third-order valence-corrected chi connectivity index (χ3v) is 1.61. The van der Waals surface area contributed by atoms with Crippen LogP contribution >= 0.6 is 12.4 Å². The molecule has 0 heterocycles. The van der Waals surface area contributed by atoms with Crippen molar-refractivity contribution in [3.05, 3.63) is 29.8 Å². The number of hydrogen-bond donors (Lipinski definition) is 3. The van der Waals surface area contributed by atoms with Gasteiger partial charge in [0.1, 0.15) is 5.75 Å². The highest BCUT2D eigenvalue weighted by atomic mass is 35.5. The average molecular weight is 203 g/mol. The van der Waals surface area contributed by atoms with Crippen LogP contribution in [0.1, 0.15) is 12.5 Å². The van der Waals surface area contributed by atoms with Gasteiger partial charge in [0.15, 0.2) is 0 Å². The number of hydrogen-bond acceptors (Lipinski definition) is 3. The van der Waals surface area contributed by atoms with Gasteiger partial charge in [-0.2, -0.15) is 0 Å². The summed E-state index contributed by atoms with van der Waals surface area (Å²) < 4.78 is 0. The molecule has 0 bridgehead atoms. The van der Waals surface area contributed by atoms with Crippen LogP contribution in [0.15, 0.2) is 24.3 Å². The summed E-state index contributed by atoms with van der Waals surface area (Å²) in [5.41, 5.74) is 6.37. The Hall–Kier alpha value is -0.770. The second-order valence-corrected chi connectivity index (χ2v) is 2.80. The third kappa shape index (κ3) is 4.12. The number of benzene rings is 1. The third-order valence-electron chi connectivity index (χ3n) is 1.61. The van der Waals surface area contributed by atoms with Gasteiger partial charge in [-0.25, -0.2) is 0 Å². The fourth-order valence-electron chi connectivity index (χ4n) is 0.931. The Bertz CT molecular complexity index is 253. The predicted octanol–water partition coefficient (Wildman–Crippen LogP) is 1.21. The molecule has 0 aromatic heterocycles. The molecule has 13 heavy (non-hydrogen) atoms. The van der Waals surface area contributed by atoms with Gasteiger partial charge in [-0.3, -0.25) is 5.32 Å². The van der Waals surface area contributed by atoms with Crippen LogP contribution in [-0.2, 0) is 6.54 Å². The largest absolute Gasteiger partial charge is 0.508 e. The first kappa shape index (κ1) is 12.2. The zero-order valence-corrected chi connectivity index (χ0v) is 8.34. The molecule has 0 fully saturated rings. The summed E-state index contributed by atoms with van der Waals surface area (Å²) in [6.07, 6.45) is -0.0513. The Morgan fingerprint density at radius 3 is 2.62 bits per heavy atom. The molecular formula is C9H15ClN2O. The molecule has 1 atom stereocenters. The Morgan fingerprint density at radius 1 is 1.46 bits per heavy atom. The maximum absolute atomic E-state index is 9.34. The molecule has 3 nitrogen and oxygen atoms in total. The second-order valence-electron chi connectivity index (χ2n) is 2.80. The molecule has 74 valence electrons. The molecule has 1 aromatic carbocycles. The lowest BCUT2D eigenvalue weighted by atomic mass is 10.2. The molecule has 0 aliphatic rings. The predicted molar refractivity (Wildman–Crippen MR) is 55.8 cm³/mol. The first-order valence-electron chi connectivity index (χ1n) is 3.96. The average Bonchev–Trinajstić information content (AvgIpc) is 2.03. The number of aromatic hydroxyl groups is 1. The molecule has 1 aromatic rings. The summed E-state index contributed by atoms with van der Waals surface area (Å²) in [6, 6.07) is 7.21. The molecule has 1 unspecified atom stereocenters. The Morgan fingerprint density at radius 2 is 2.08 bits per heavy atom. The fraction of sp³-hybridized carbons (Fsp3) is 0.333. The van der Waals surface area contributed by atoms with Gasteiger partial charge in [-0.1, -0.05) is 18.2 Å². The zero-order valence-electron chi connectivity index (χ0n) is 7.53. The maximum Gasteiger partial charge on any atom is 0.120 e. The van der Waals surface area contributed by atoms with E-state index < -0.39 is 0 Å². The molecule has 1 rings (SSSR count). The van der Waals surface area contributed by atoms with Crippen molar-refractivity contribution < 1.29 is 5.11 Å². The number of nitrogens with two attached hydrogens (primary N) is 1. The van der Waals surface area contributed by atoms with E-state index in [0.717, 1.165) is 5.56 Å². The molecule has 0 aliphatic heterocycles. The topological polar surface area (TPSA) is 58.3 Å². The van der Waals surface area contributed by atoms with Crippen LogP contribution in [0.25, 0.3) is 0 Å². The summed E-state index contributed by atoms with van der Waals surface area (Å²) in [7, 11) is 0. The highest BCUT2D eigenvalue weighted by Gasteiger charge is 1.99. The Kier molecular flexibility index (Phi) is 5.46. The van der Waals surface area contributed by atoms with Crippen molar-refractivity contribution in [1.82, 2.24) is 5.32 Å². The van der Waals surface area contributed by atoms with Crippen molar-refractivity contribution in [2.75, 3.05) is 0 Å². The van der Waals surface area contributed by atoms with Crippen LogP contribution < -0.4 is 11.1 Å². The molecule has 0 saturated heterocycles. The van der Waals surface area contributed by atoms with Crippen LogP contribution in [0, 0.1) is 0 Å². The quantitative estimate of drug-likeness (QED) is 0.646. The van der Waals surface area contributed by atoms with Crippen LogP contribution in [0.2, 0.25) is 0 Å². The summed E-state index contributed by atoms with van der Waals surface area (Å²) in [5.74, 6) is 0.311. The minimum absolute atomic E-state index is 0. The van der Waals surface area contributed by atoms with Gasteiger partial charge in [-0.15, -0.1) is 12.4 Å². The molecule has 0 aliphatic carbocycles. The SMILES string of the molecule is CC(N)NCc1ccccc1O.Cl. The summed E-state index contributed by atoms with van der Waals surface area (Å²) in [4.78, 5) is 0. The summed E-state index contributed by atoms with van der Waals surface area (Å²) >= 11 is 0. The van der Waals surface area contributed by atoms with Crippen molar-refractivity contribution in [2.45, 2.75) is 19.6 Å². The van der Waals surface area contributed by atoms with Gasteiger partial charge in [0.2, 0.25) is 0 Å². The lowest BCUT2D eigenvalue weighted by molar-refractivity contribution is 0.460. The lowest BCUT2D eigenvalue weighted by Gasteiger charge is -2.08. The van der Waals surface area contributed by atoms with E-state index in [1.54, 1.807) is 12.1 Å². The number of halogens is 1. The van der Waals surface area contributed by atoms with Crippen molar-refractivity contribution >= 4 is 12.4 Å². The molecule has 4 heteroatoms. The highest BCUT2D eigenvalue weighted by molar-refractivity contribution is 5.85. The van der Waals surface area contributed by atoms with Crippen LogP contribution in [-0.4, -0.2) is 11.3 Å². The molecule has 0 spiro atoms. The molecular weight excluding hydrogens is 188 g/mol. The fourth-order valence-corrected chi connectivity index (χ4v) is 0.931. The molecule has 0 amide bonds. The molecule has 4 N–H and O–H groups in total. The minimum atomic E-state index is -0.0513. The first-order chi connectivity index (χ1) is 5.70. The highest BCUT2D eigenvalue weighted by Crippen LogP contribution is 2.14. The van der Waals surface area contributed by atoms with E-state index in [1.165, 1.54) is 0 Å². The first-order valence-corrected chi connectivity index (χ1v) is 3.96. The molecule has 0 radical (unpaired) electrons. The summed E-state index contributed by atoms with van der Waals surface area (Å²) in [6.45, 7) is 2.46. The lowest BCUT2D eigenvalue weighted by Crippen LogP contribution is -2.33. The Balaban J connectivity index is 0.00000144. The standard InChI is InChI=1S/C9H14N2O.ClH/c1-7(10)11-6-8-4-2-3-5-9(8)12;/h2-5,7,11-12H,6,10H2,1H3;1H. The van der Waals surface area contributed by atoms with E-state index in [-0.39, 0.29) is 18.6 Å². The van der Waals surface area contributed by atoms with Gasteiger partial charge in [0.05, 0.1) is 6.17 Å². The van der Waals surface area contributed by atoms with E-state index in [1.807, 2.05) is 19.1 Å². The minimum Gasteiger partial charge on any atom is -0.508 e. The van der Waals surface area contributed by atoms with E-state index in [9.17, 15) is 5.11 Å². The molecule has 0 saturated carbocycles. The van der Waals surface area contributed by atoms with E-state index in [0.29, 0.717) is 12.3 Å². The number of para-hydroxylation sites is 1. The van der Waals surface area contributed by atoms with Crippen molar-refractivity contribution in [3.63, 3.8) is 0 Å². The van der Waals surface area contributed by atoms with Gasteiger partial charge in [-0.05, 0) is 13.0 Å². The van der Waals surface area contributed by atoms with Crippen molar-refractivity contribution in [1.29, 1.82) is 0 Å². The van der Waals surface area contributed by atoms with Gasteiger partial charge in [0, 0.05) is 12.1 Å². The van der Waals surface area contributed by atoms with E-state index in [4.69, 9.17) is 5.73 Å². The van der Waals surface area contributed by atoms with Crippen LogP contribution in [0.3, 0.4) is 0 Å². The normalized spacial score (nSPS) is 11.8. The van der Waals surface area contributed by atoms with Crippen LogP contribution in [0.4, 0.5) is 0 Å². The number of phenolic OH excluding ortho intramolecular Hbond substituents is 1. The van der Waals surface area contributed by atoms with Crippen LogP contribution in [0.5, 0.6) is 5.75 Å². The summed E-state index contributed by atoms with van der Waals surface area (Å²) in [5, 5.41) is 12.4. The van der Waals surface area contributed by atoms with Crippen molar-refractivity contribution in [2.24, 2.45) is 5.73 Å². The number of nitrogens with one attached hydrogen (secondary N) is 1. The van der Waals surface area contributed by atoms with Gasteiger partial charge in [0.25, 0.3) is 0 Å². The number of rotatable bonds is 3. The van der Waals surface area contributed by atoms with Gasteiger partial charge >= 0.3 is 0 Å². The van der Waals surface area contributed by atoms with Crippen molar-refractivity contribution in [3.8, 4) is 5.75 Å². The zero-order chi connectivity index (χ0) is 8.97. The van der Waals surface area contributed by atoms with E-state index in [2.05, 4.69) is 5.32 Å². The second kappa shape index (κ2) is 5.80. The Labute approximate surface area is 84.4 Å².